The van der Waals surface area contributed by atoms with Gasteiger partial charge in [-0.05, 0) is 42.1 Å². The molecular formula is C10H15BrN2OS. The number of thiazole rings is 1. The van der Waals surface area contributed by atoms with Crippen LogP contribution in [0.15, 0.2) is 9.98 Å². The largest absolute Gasteiger partial charge is 0.392 e. The summed E-state index contributed by atoms with van der Waals surface area (Å²) < 4.78 is 1.05. The Kier molecular flexibility index (Phi) is 3.77. The molecule has 1 aromatic heterocycles. The standard InChI is InChI=1S/C10H15BrN2OS/c1-6(10-12-5-9(11)15-10)13-7-3-2-4-8(7)14/h5-8,13-14H,2-4H2,1H3. The summed E-state index contributed by atoms with van der Waals surface area (Å²) in [5, 5.41) is 14.2. The van der Waals surface area contributed by atoms with Crippen LogP contribution in [0.3, 0.4) is 0 Å². The average molecular weight is 291 g/mol. The highest BCUT2D eigenvalue weighted by molar-refractivity contribution is 9.11. The van der Waals surface area contributed by atoms with Gasteiger partial charge in [0, 0.05) is 6.04 Å². The van der Waals surface area contributed by atoms with E-state index in [-0.39, 0.29) is 18.2 Å². The van der Waals surface area contributed by atoms with Crippen LogP contribution in [-0.2, 0) is 0 Å². The molecular weight excluding hydrogens is 276 g/mol. The Balaban J connectivity index is 1.94. The van der Waals surface area contributed by atoms with Gasteiger partial charge in [-0.2, -0.15) is 0 Å². The zero-order valence-electron chi connectivity index (χ0n) is 8.61. The second kappa shape index (κ2) is 4.91. The molecule has 2 rings (SSSR count). The van der Waals surface area contributed by atoms with Crippen molar-refractivity contribution in [3.63, 3.8) is 0 Å². The van der Waals surface area contributed by atoms with E-state index < -0.39 is 0 Å². The number of aromatic nitrogens is 1. The number of rotatable bonds is 3. The molecule has 84 valence electrons. The summed E-state index contributed by atoms with van der Waals surface area (Å²) >= 11 is 5.05. The number of hydrogen-bond acceptors (Lipinski definition) is 4. The van der Waals surface area contributed by atoms with Gasteiger partial charge in [0.15, 0.2) is 0 Å². The van der Waals surface area contributed by atoms with Crippen molar-refractivity contribution in [2.75, 3.05) is 0 Å². The van der Waals surface area contributed by atoms with Crippen LogP contribution in [0.1, 0.15) is 37.2 Å². The van der Waals surface area contributed by atoms with Crippen molar-refractivity contribution in [1.29, 1.82) is 0 Å². The van der Waals surface area contributed by atoms with E-state index in [4.69, 9.17) is 0 Å². The van der Waals surface area contributed by atoms with Crippen molar-refractivity contribution in [3.8, 4) is 0 Å². The fraction of sp³-hybridized carbons (Fsp3) is 0.700. The second-order valence-electron chi connectivity index (χ2n) is 4.00. The van der Waals surface area contributed by atoms with Gasteiger partial charge in [-0.3, -0.25) is 0 Å². The van der Waals surface area contributed by atoms with E-state index in [1.165, 1.54) is 0 Å². The third-order valence-corrected chi connectivity index (χ3v) is 4.47. The number of aliphatic hydroxyl groups is 1. The highest BCUT2D eigenvalue weighted by Gasteiger charge is 2.26. The predicted octanol–water partition coefficient (Wildman–Crippen LogP) is 2.47. The number of hydrogen-bond donors (Lipinski definition) is 2. The quantitative estimate of drug-likeness (QED) is 0.899. The van der Waals surface area contributed by atoms with Gasteiger partial charge >= 0.3 is 0 Å². The zero-order valence-corrected chi connectivity index (χ0v) is 11.0. The lowest BCUT2D eigenvalue weighted by molar-refractivity contribution is 0.144. The van der Waals surface area contributed by atoms with E-state index in [2.05, 4.69) is 33.2 Å². The first-order valence-corrected chi connectivity index (χ1v) is 6.83. The molecule has 0 amide bonds. The maximum atomic E-state index is 9.70. The Hall–Kier alpha value is 0.0300. The molecule has 3 unspecified atom stereocenters. The van der Waals surface area contributed by atoms with E-state index in [9.17, 15) is 5.11 Å². The maximum absolute atomic E-state index is 9.70. The minimum Gasteiger partial charge on any atom is -0.392 e. The Morgan fingerprint density at radius 1 is 1.67 bits per heavy atom. The van der Waals surface area contributed by atoms with Crippen molar-refractivity contribution in [2.24, 2.45) is 0 Å². The molecule has 1 heterocycles. The van der Waals surface area contributed by atoms with Crippen molar-refractivity contribution in [2.45, 2.75) is 44.4 Å². The van der Waals surface area contributed by atoms with Gasteiger partial charge in [0.1, 0.15) is 5.01 Å². The average Bonchev–Trinajstić information content (AvgIpc) is 2.77. The predicted molar refractivity (Wildman–Crippen MR) is 65.0 cm³/mol. The molecule has 5 heteroatoms. The van der Waals surface area contributed by atoms with Crippen molar-refractivity contribution >= 4 is 27.3 Å². The SMILES string of the molecule is CC(NC1CCCC1O)c1ncc(Br)s1. The summed E-state index contributed by atoms with van der Waals surface area (Å²) in [4.78, 5) is 4.31. The molecule has 1 aromatic rings. The number of aliphatic hydroxyl groups excluding tert-OH is 1. The van der Waals surface area contributed by atoms with Crippen LogP contribution >= 0.6 is 27.3 Å². The Labute approximate surface area is 102 Å². The molecule has 0 spiro atoms. The van der Waals surface area contributed by atoms with Gasteiger partial charge in [-0.15, -0.1) is 11.3 Å². The minimum atomic E-state index is -0.184. The summed E-state index contributed by atoms with van der Waals surface area (Å²) in [6, 6.07) is 0.460. The van der Waals surface area contributed by atoms with E-state index in [0.29, 0.717) is 0 Å². The number of nitrogens with zero attached hydrogens (tertiary/aromatic N) is 1. The molecule has 15 heavy (non-hydrogen) atoms. The first-order valence-electron chi connectivity index (χ1n) is 5.22. The zero-order chi connectivity index (χ0) is 10.8. The van der Waals surface area contributed by atoms with Crippen LogP contribution in [-0.4, -0.2) is 22.2 Å². The molecule has 1 fully saturated rings. The Morgan fingerprint density at radius 2 is 2.47 bits per heavy atom. The van der Waals surface area contributed by atoms with Crippen LogP contribution < -0.4 is 5.32 Å². The molecule has 2 N–H and O–H groups in total. The van der Waals surface area contributed by atoms with Gasteiger partial charge in [0.25, 0.3) is 0 Å². The van der Waals surface area contributed by atoms with Gasteiger partial charge in [0.2, 0.25) is 0 Å². The Bertz CT molecular complexity index is 331. The molecule has 0 radical (unpaired) electrons. The monoisotopic (exact) mass is 290 g/mol. The third kappa shape index (κ3) is 2.78. The molecule has 0 saturated heterocycles. The molecule has 3 nitrogen and oxygen atoms in total. The summed E-state index contributed by atoms with van der Waals surface area (Å²) in [7, 11) is 0. The lowest BCUT2D eigenvalue weighted by atomic mass is 10.2. The fourth-order valence-corrected chi connectivity index (χ4v) is 3.25. The molecule has 1 aliphatic rings. The summed E-state index contributed by atoms with van der Waals surface area (Å²) in [5.41, 5.74) is 0. The molecule has 1 saturated carbocycles. The van der Waals surface area contributed by atoms with Crippen molar-refractivity contribution in [1.82, 2.24) is 10.3 Å². The van der Waals surface area contributed by atoms with Gasteiger partial charge in [-0.25, -0.2) is 4.98 Å². The van der Waals surface area contributed by atoms with E-state index >= 15 is 0 Å². The van der Waals surface area contributed by atoms with E-state index in [1.54, 1.807) is 11.3 Å². The summed E-state index contributed by atoms with van der Waals surface area (Å²) in [5.74, 6) is 0. The normalized spacial score (nSPS) is 28.2. The highest BCUT2D eigenvalue weighted by atomic mass is 79.9. The lowest BCUT2D eigenvalue weighted by Crippen LogP contribution is -2.37. The number of nitrogens with one attached hydrogen (secondary N) is 1. The maximum Gasteiger partial charge on any atom is 0.110 e. The Morgan fingerprint density at radius 3 is 3.00 bits per heavy atom. The van der Waals surface area contributed by atoms with Crippen LogP contribution in [0.5, 0.6) is 0 Å². The molecule has 0 bridgehead atoms. The van der Waals surface area contributed by atoms with Crippen LogP contribution in [0.2, 0.25) is 0 Å². The van der Waals surface area contributed by atoms with Crippen molar-refractivity contribution in [3.05, 3.63) is 15.0 Å². The van der Waals surface area contributed by atoms with Crippen LogP contribution in [0.25, 0.3) is 0 Å². The molecule has 0 aliphatic heterocycles. The first-order chi connectivity index (χ1) is 7.16. The van der Waals surface area contributed by atoms with Crippen LogP contribution in [0, 0.1) is 0 Å². The van der Waals surface area contributed by atoms with Gasteiger partial charge in [0.05, 0.1) is 22.1 Å². The minimum absolute atomic E-state index is 0.184. The van der Waals surface area contributed by atoms with Crippen molar-refractivity contribution < 1.29 is 5.11 Å². The van der Waals surface area contributed by atoms with E-state index in [0.717, 1.165) is 28.1 Å². The highest BCUT2D eigenvalue weighted by Crippen LogP contribution is 2.27. The topological polar surface area (TPSA) is 45.1 Å². The fourth-order valence-electron chi connectivity index (χ4n) is 1.99. The molecule has 3 atom stereocenters. The summed E-state index contributed by atoms with van der Waals surface area (Å²) in [6.45, 7) is 2.09. The van der Waals surface area contributed by atoms with Gasteiger partial charge < -0.3 is 10.4 Å². The number of halogens is 1. The second-order valence-corrected chi connectivity index (χ2v) is 6.44. The summed E-state index contributed by atoms with van der Waals surface area (Å²) in [6.07, 6.45) is 4.75. The van der Waals surface area contributed by atoms with Crippen LogP contribution in [0.4, 0.5) is 0 Å². The lowest BCUT2D eigenvalue weighted by Gasteiger charge is -2.20. The smallest absolute Gasteiger partial charge is 0.110 e. The first kappa shape index (κ1) is 11.5. The van der Waals surface area contributed by atoms with E-state index in [1.807, 2.05) is 6.20 Å². The molecule has 1 aliphatic carbocycles. The van der Waals surface area contributed by atoms with Gasteiger partial charge in [-0.1, -0.05) is 0 Å². The third-order valence-electron chi connectivity index (χ3n) is 2.81. The molecule has 0 aromatic carbocycles.